The third-order valence-corrected chi connectivity index (χ3v) is 4.51. The smallest absolute Gasteiger partial charge is 0.266 e. The summed E-state index contributed by atoms with van der Waals surface area (Å²) in [4.78, 5) is 25.8. The van der Waals surface area contributed by atoms with Gasteiger partial charge in [0.1, 0.15) is 29.4 Å². The molecule has 1 aromatic carbocycles. The highest BCUT2D eigenvalue weighted by Gasteiger charge is 2.32. The zero-order chi connectivity index (χ0) is 19.4. The van der Waals surface area contributed by atoms with Crippen LogP contribution < -0.4 is 10.1 Å². The number of hydrogen-bond donors (Lipinski definition) is 1. The van der Waals surface area contributed by atoms with E-state index in [2.05, 4.69) is 27.8 Å². The number of nitrogens with one attached hydrogen (secondary N) is 1. The Balaban J connectivity index is 1.72. The normalized spacial score (nSPS) is 15.8. The van der Waals surface area contributed by atoms with Crippen molar-refractivity contribution in [2.75, 3.05) is 6.54 Å². The summed E-state index contributed by atoms with van der Waals surface area (Å²) in [5, 5.41) is 2.54. The van der Waals surface area contributed by atoms with Crippen LogP contribution in [0.2, 0.25) is 0 Å². The van der Waals surface area contributed by atoms with Crippen molar-refractivity contribution >= 4 is 51.2 Å². The van der Waals surface area contributed by atoms with Crippen LogP contribution in [0, 0.1) is 0 Å². The molecule has 1 fully saturated rings. The third-order valence-electron chi connectivity index (χ3n) is 3.66. The quantitative estimate of drug-likeness (QED) is 0.318. The molecule has 0 saturated carbocycles. The Hall–Kier alpha value is -2.71. The fourth-order valence-electron chi connectivity index (χ4n) is 2.37. The zero-order valence-corrected chi connectivity index (χ0v) is 16.5. The minimum atomic E-state index is -0.561. The van der Waals surface area contributed by atoms with Crippen molar-refractivity contribution in [2.24, 2.45) is 0 Å². The van der Waals surface area contributed by atoms with Gasteiger partial charge in [-0.2, -0.15) is 0 Å². The third kappa shape index (κ3) is 4.53. The molecule has 1 N–H and O–H groups in total. The Morgan fingerprint density at radius 3 is 2.67 bits per heavy atom. The molecule has 6 nitrogen and oxygen atoms in total. The first-order chi connectivity index (χ1) is 13.0. The molecule has 0 unspecified atom stereocenters. The highest BCUT2D eigenvalue weighted by molar-refractivity contribution is 9.10. The molecule has 0 atom stereocenters. The van der Waals surface area contributed by atoms with Crippen molar-refractivity contribution in [2.45, 2.75) is 6.61 Å². The summed E-state index contributed by atoms with van der Waals surface area (Å²) in [6.45, 7) is 4.01. The topological polar surface area (TPSA) is 71.8 Å². The Bertz CT molecular complexity index is 933. The number of benzene rings is 1. The lowest BCUT2D eigenvalue weighted by Gasteiger charge is -2.27. The van der Waals surface area contributed by atoms with Crippen molar-refractivity contribution in [3.8, 4) is 5.75 Å². The molecular formula is C19H15BrN2O4S. The van der Waals surface area contributed by atoms with Gasteiger partial charge in [-0.3, -0.25) is 19.8 Å². The van der Waals surface area contributed by atoms with Gasteiger partial charge in [0.25, 0.3) is 11.8 Å². The Kier molecular flexibility index (Phi) is 5.88. The van der Waals surface area contributed by atoms with Crippen LogP contribution in [0.1, 0.15) is 11.5 Å². The lowest BCUT2D eigenvalue weighted by atomic mass is 10.1. The molecule has 2 aromatic rings. The van der Waals surface area contributed by atoms with Crippen LogP contribution >= 0.6 is 28.1 Å². The van der Waals surface area contributed by atoms with Crippen LogP contribution in [0.25, 0.3) is 6.08 Å². The summed E-state index contributed by atoms with van der Waals surface area (Å²) in [7, 11) is 0. The average Bonchev–Trinajstić information content (AvgIpc) is 3.09. The first-order valence-corrected chi connectivity index (χ1v) is 9.15. The summed E-state index contributed by atoms with van der Waals surface area (Å²) in [5.41, 5.74) is -0.0554. The molecule has 0 spiro atoms. The largest absolute Gasteiger partial charge is 0.486 e. The van der Waals surface area contributed by atoms with E-state index in [1.54, 1.807) is 12.1 Å². The van der Waals surface area contributed by atoms with E-state index < -0.39 is 11.8 Å². The van der Waals surface area contributed by atoms with Crippen molar-refractivity contribution < 1.29 is 18.7 Å². The van der Waals surface area contributed by atoms with Gasteiger partial charge in [-0.05, 0) is 54.7 Å². The minimum Gasteiger partial charge on any atom is -0.486 e. The first-order valence-electron chi connectivity index (χ1n) is 7.95. The summed E-state index contributed by atoms with van der Waals surface area (Å²) in [6.07, 6.45) is 2.92. The van der Waals surface area contributed by atoms with Crippen LogP contribution in [0.4, 0.5) is 0 Å². The van der Waals surface area contributed by atoms with Gasteiger partial charge in [0, 0.05) is 11.0 Å². The molecular weight excluding hydrogens is 432 g/mol. The van der Waals surface area contributed by atoms with E-state index in [1.807, 2.05) is 24.3 Å². The zero-order valence-electron chi connectivity index (χ0n) is 14.1. The van der Waals surface area contributed by atoms with Crippen molar-refractivity contribution in [1.29, 1.82) is 0 Å². The summed E-state index contributed by atoms with van der Waals surface area (Å²) < 4.78 is 12.2. The second-order valence-electron chi connectivity index (χ2n) is 5.57. The molecule has 2 heterocycles. The van der Waals surface area contributed by atoms with Crippen molar-refractivity contribution in [3.05, 3.63) is 70.6 Å². The molecule has 3 rings (SSSR count). The average molecular weight is 447 g/mol. The van der Waals surface area contributed by atoms with E-state index in [-0.39, 0.29) is 23.8 Å². The Morgan fingerprint density at radius 1 is 1.22 bits per heavy atom. The molecule has 27 heavy (non-hydrogen) atoms. The molecule has 8 heteroatoms. The number of amides is 2. The fraction of sp³-hybridized carbons (Fsp3) is 0.105. The molecule has 1 aliphatic heterocycles. The molecule has 138 valence electrons. The number of rotatable bonds is 6. The van der Waals surface area contributed by atoms with Gasteiger partial charge in [-0.25, -0.2) is 0 Å². The molecule has 1 aromatic heterocycles. The van der Waals surface area contributed by atoms with Gasteiger partial charge < -0.3 is 9.15 Å². The monoisotopic (exact) mass is 446 g/mol. The molecule has 0 radical (unpaired) electrons. The molecule has 1 saturated heterocycles. The highest BCUT2D eigenvalue weighted by atomic mass is 79.9. The van der Waals surface area contributed by atoms with E-state index >= 15 is 0 Å². The number of ether oxygens (including phenoxy) is 1. The van der Waals surface area contributed by atoms with Crippen molar-refractivity contribution in [1.82, 2.24) is 10.2 Å². The van der Waals surface area contributed by atoms with Gasteiger partial charge in [-0.1, -0.05) is 22.0 Å². The minimum absolute atomic E-state index is 0.0554. The number of thiocarbonyl (C=S) groups is 1. The van der Waals surface area contributed by atoms with E-state index in [4.69, 9.17) is 21.4 Å². The van der Waals surface area contributed by atoms with Crippen LogP contribution in [-0.4, -0.2) is 28.4 Å². The summed E-state index contributed by atoms with van der Waals surface area (Å²) in [6, 6.07) is 10.8. The van der Waals surface area contributed by atoms with Gasteiger partial charge in [-0.15, -0.1) is 6.58 Å². The van der Waals surface area contributed by atoms with E-state index in [0.717, 1.165) is 4.47 Å². The van der Waals surface area contributed by atoms with Gasteiger partial charge >= 0.3 is 0 Å². The standard InChI is InChI=1S/C19H15BrN2O4S/c1-2-9-22-18(24)16(17(23)21-19(22)27)10-14-7-8-15(26-14)11-25-13-5-3-12(20)4-6-13/h2-8,10H,1,9,11H2,(H,21,23,27)/b16-10+. The maximum absolute atomic E-state index is 12.5. The Morgan fingerprint density at radius 2 is 1.96 bits per heavy atom. The second-order valence-corrected chi connectivity index (χ2v) is 6.87. The van der Waals surface area contributed by atoms with Gasteiger partial charge in [0.05, 0.1) is 0 Å². The Labute approximate surface area is 169 Å². The maximum Gasteiger partial charge on any atom is 0.266 e. The second kappa shape index (κ2) is 8.32. The number of hydrogen-bond acceptors (Lipinski definition) is 5. The lowest BCUT2D eigenvalue weighted by molar-refractivity contribution is -0.128. The molecule has 0 bridgehead atoms. The summed E-state index contributed by atoms with van der Waals surface area (Å²) in [5.74, 6) is 0.577. The van der Waals surface area contributed by atoms with Gasteiger partial charge in [0.15, 0.2) is 5.11 Å². The van der Waals surface area contributed by atoms with Crippen LogP contribution in [0.3, 0.4) is 0 Å². The van der Waals surface area contributed by atoms with E-state index in [1.165, 1.54) is 17.1 Å². The first kappa shape index (κ1) is 19.1. The predicted molar refractivity (Wildman–Crippen MR) is 108 cm³/mol. The van der Waals surface area contributed by atoms with Crippen LogP contribution in [0.15, 0.2) is 63.5 Å². The van der Waals surface area contributed by atoms with Crippen LogP contribution in [-0.2, 0) is 16.2 Å². The number of halogens is 1. The number of carbonyl (C=O) groups excluding carboxylic acids is 2. The number of furan rings is 1. The van der Waals surface area contributed by atoms with Gasteiger partial charge in [0.2, 0.25) is 0 Å². The lowest BCUT2D eigenvalue weighted by Crippen LogP contribution is -2.53. The number of nitrogens with zero attached hydrogens (tertiary/aromatic N) is 1. The molecule has 1 aliphatic rings. The number of carbonyl (C=O) groups is 2. The SMILES string of the molecule is C=CCN1C(=O)/C(=C/c2ccc(COc3ccc(Br)cc3)o2)C(=O)NC1=S. The van der Waals surface area contributed by atoms with E-state index in [0.29, 0.717) is 17.3 Å². The summed E-state index contributed by atoms with van der Waals surface area (Å²) >= 11 is 8.37. The molecule has 0 aliphatic carbocycles. The highest BCUT2D eigenvalue weighted by Crippen LogP contribution is 2.20. The van der Waals surface area contributed by atoms with E-state index in [9.17, 15) is 9.59 Å². The fourth-order valence-corrected chi connectivity index (χ4v) is 2.88. The molecule has 2 amide bonds. The van der Waals surface area contributed by atoms with Crippen molar-refractivity contribution in [3.63, 3.8) is 0 Å². The predicted octanol–water partition coefficient (Wildman–Crippen LogP) is 3.43. The maximum atomic E-state index is 12.5. The van der Waals surface area contributed by atoms with Crippen LogP contribution in [0.5, 0.6) is 5.75 Å².